The summed E-state index contributed by atoms with van der Waals surface area (Å²) in [6, 6.07) is 12.0. The first-order chi connectivity index (χ1) is 16.6. The molecule has 0 aliphatic heterocycles. The number of unbranched alkanes of at least 4 members (excludes halogenated alkanes) is 3. The predicted molar refractivity (Wildman–Crippen MR) is 134 cm³/mol. The number of aromatic amines is 1. The van der Waals surface area contributed by atoms with Gasteiger partial charge >= 0.3 is 5.69 Å². The van der Waals surface area contributed by atoms with Gasteiger partial charge in [0.05, 0.1) is 12.2 Å². The van der Waals surface area contributed by atoms with Crippen molar-refractivity contribution in [3.05, 3.63) is 70.0 Å². The first-order valence-electron chi connectivity index (χ1n) is 12.2. The van der Waals surface area contributed by atoms with Gasteiger partial charge in [0.25, 0.3) is 0 Å². The Morgan fingerprint density at radius 3 is 2.41 bits per heavy atom. The second kappa shape index (κ2) is 11.0. The van der Waals surface area contributed by atoms with Gasteiger partial charge in [-0.3, -0.25) is 14.1 Å². The van der Waals surface area contributed by atoms with Crippen molar-refractivity contribution in [1.82, 2.24) is 34.7 Å². The smallest absolute Gasteiger partial charge is 0.296 e. The van der Waals surface area contributed by atoms with Crippen LogP contribution in [0.1, 0.15) is 62.9 Å². The van der Waals surface area contributed by atoms with E-state index in [-0.39, 0.29) is 5.69 Å². The van der Waals surface area contributed by atoms with Crippen molar-refractivity contribution in [1.29, 1.82) is 0 Å². The molecule has 1 aromatic carbocycles. The highest BCUT2D eigenvalue weighted by Crippen LogP contribution is 2.28. The first-order valence-corrected chi connectivity index (χ1v) is 12.2. The minimum absolute atomic E-state index is 0.0898. The van der Waals surface area contributed by atoms with E-state index in [0.717, 1.165) is 78.8 Å². The molecule has 0 aliphatic carbocycles. The van der Waals surface area contributed by atoms with Crippen LogP contribution in [-0.2, 0) is 19.5 Å². The summed E-state index contributed by atoms with van der Waals surface area (Å²) in [5, 5.41) is 14.2. The number of hydrogen-bond donors (Lipinski definition) is 1. The fraction of sp³-hybridized carbons (Fsp3) is 0.423. The predicted octanol–water partition coefficient (Wildman–Crippen LogP) is 4.78. The molecule has 34 heavy (non-hydrogen) atoms. The highest BCUT2D eigenvalue weighted by molar-refractivity contribution is 5.78. The zero-order valence-corrected chi connectivity index (χ0v) is 20.3. The number of hydrogen-bond acceptors (Lipinski definition) is 5. The molecule has 0 amide bonds. The number of pyridine rings is 1. The largest absolute Gasteiger partial charge is 0.328 e. The molecule has 178 valence electrons. The molecule has 1 N–H and O–H groups in total. The molecule has 0 atom stereocenters. The van der Waals surface area contributed by atoms with Crippen LogP contribution >= 0.6 is 0 Å². The maximum absolute atomic E-state index is 13.3. The Bertz CT molecular complexity index is 1250. The Morgan fingerprint density at radius 1 is 0.941 bits per heavy atom. The topological polar surface area (TPSA) is 94.3 Å². The second-order valence-corrected chi connectivity index (χ2v) is 8.71. The van der Waals surface area contributed by atoms with Gasteiger partial charge in [0.15, 0.2) is 5.82 Å². The third-order valence-corrected chi connectivity index (χ3v) is 6.33. The van der Waals surface area contributed by atoms with E-state index in [1.165, 1.54) is 0 Å². The fourth-order valence-electron chi connectivity index (χ4n) is 4.41. The molecule has 0 saturated carbocycles. The molecule has 0 spiro atoms. The van der Waals surface area contributed by atoms with Crippen LogP contribution in [0.15, 0.2) is 47.4 Å². The Labute approximate surface area is 200 Å². The van der Waals surface area contributed by atoms with E-state index in [1.807, 2.05) is 45.7 Å². The van der Waals surface area contributed by atoms with Crippen LogP contribution in [0.25, 0.3) is 22.6 Å². The highest BCUT2D eigenvalue weighted by Gasteiger charge is 2.17. The average Bonchev–Trinajstić information content (AvgIpc) is 3.47. The third kappa shape index (κ3) is 5.00. The summed E-state index contributed by atoms with van der Waals surface area (Å²) in [5.41, 5.74) is 6.03. The molecule has 0 fully saturated rings. The summed E-state index contributed by atoms with van der Waals surface area (Å²) in [6.07, 6.45) is 8.27. The molecule has 8 heteroatoms. The molecule has 3 aromatic heterocycles. The van der Waals surface area contributed by atoms with E-state index in [2.05, 4.69) is 47.5 Å². The number of nitrogens with zero attached hydrogens (tertiary/aromatic N) is 6. The van der Waals surface area contributed by atoms with Crippen LogP contribution in [0.5, 0.6) is 0 Å². The van der Waals surface area contributed by atoms with E-state index in [9.17, 15) is 4.79 Å². The molecule has 0 unspecified atom stereocenters. The van der Waals surface area contributed by atoms with Crippen LogP contribution in [0, 0.1) is 6.92 Å². The molecule has 4 aromatic rings. The summed E-state index contributed by atoms with van der Waals surface area (Å²) < 4.78 is 3.91. The van der Waals surface area contributed by atoms with Gasteiger partial charge in [-0.2, -0.15) is 0 Å². The molecule has 8 nitrogen and oxygen atoms in total. The lowest BCUT2D eigenvalue weighted by Crippen LogP contribution is -2.26. The minimum atomic E-state index is 0.0898. The van der Waals surface area contributed by atoms with E-state index < -0.39 is 0 Å². The molecule has 0 aliphatic rings. The van der Waals surface area contributed by atoms with Gasteiger partial charge in [0.1, 0.15) is 0 Å². The van der Waals surface area contributed by atoms with Crippen molar-refractivity contribution < 1.29 is 0 Å². The quantitative estimate of drug-likeness (QED) is 0.326. The monoisotopic (exact) mass is 459 g/mol. The Balaban J connectivity index is 1.62. The SMILES string of the molecule is CCCCCn1c(C)c(CCCC)n(Cc2ccc(-c3ccccc3-c3nnn[nH]3)nc2)c1=O. The van der Waals surface area contributed by atoms with Gasteiger partial charge in [-0.25, -0.2) is 9.89 Å². The lowest BCUT2D eigenvalue weighted by atomic mass is 10.0. The molecule has 0 radical (unpaired) electrons. The maximum atomic E-state index is 13.3. The van der Waals surface area contributed by atoms with E-state index in [4.69, 9.17) is 4.98 Å². The number of nitrogens with one attached hydrogen (secondary N) is 1. The Hall–Kier alpha value is -3.55. The van der Waals surface area contributed by atoms with Crippen LogP contribution in [0.3, 0.4) is 0 Å². The van der Waals surface area contributed by atoms with Gasteiger partial charge in [0.2, 0.25) is 0 Å². The number of aromatic nitrogens is 7. The zero-order chi connectivity index (χ0) is 23.9. The minimum Gasteiger partial charge on any atom is -0.296 e. The fourth-order valence-corrected chi connectivity index (χ4v) is 4.41. The summed E-state index contributed by atoms with van der Waals surface area (Å²) in [5.74, 6) is 0.605. The van der Waals surface area contributed by atoms with Crippen LogP contribution < -0.4 is 5.69 Å². The highest BCUT2D eigenvalue weighted by atomic mass is 16.1. The average molecular weight is 460 g/mol. The molecule has 3 heterocycles. The second-order valence-electron chi connectivity index (χ2n) is 8.71. The summed E-state index contributed by atoms with van der Waals surface area (Å²) in [6.45, 7) is 7.78. The number of imidazole rings is 1. The van der Waals surface area contributed by atoms with Crippen LogP contribution in [0.4, 0.5) is 0 Å². The van der Waals surface area contributed by atoms with Crippen molar-refractivity contribution in [3.63, 3.8) is 0 Å². The summed E-state index contributed by atoms with van der Waals surface area (Å²) in [4.78, 5) is 18.0. The lowest BCUT2D eigenvalue weighted by Gasteiger charge is -2.10. The van der Waals surface area contributed by atoms with E-state index in [1.54, 1.807) is 0 Å². The van der Waals surface area contributed by atoms with Gasteiger partial charge in [0, 0.05) is 35.3 Å². The number of tetrazole rings is 1. The molecular weight excluding hydrogens is 426 g/mol. The molecule has 0 bridgehead atoms. The van der Waals surface area contributed by atoms with Crippen LogP contribution in [-0.4, -0.2) is 34.7 Å². The Kier molecular flexibility index (Phi) is 7.67. The van der Waals surface area contributed by atoms with Gasteiger partial charge < -0.3 is 0 Å². The normalized spacial score (nSPS) is 11.3. The summed E-state index contributed by atoms with van der Waals surface area (Å²) in [7, 11) is 0. The lowest BCUT2D eigenvalue weighted by molar-refractivity contribution is 0.566. The van der Waals surface area contributed by atoms with Crippen molar-refractivity contribution >= 4 is 0 Å². The number of H-pyrrole nitrogens is 1. The van der Waals surface area contributed by atoms with Gasteiger partial charge in [-0.15, -0.1) is 5.10 Å². The van der Waals surface area contributed by atoms with Crippen molar-refractivity contribution in [2.75, 3.05) is 0 Å². The number of rotatable bonds is 11. The van der Waals surface area contributed by atoms with Gasteiger partial charge in [-0.05, 0) is 48.2 Å². The van der Waals surface area contributed by atoms with Crippen LogP contribution in [0.2, 0.25) is 0 Å². The number of benzene rings is 1. The molecular formula is C26H33N7O. The first kappa shape index (κ1) is 23.6. The Morgan fingerprint density at radius 2 is 1.74 bits per heavy atom. The van der Waals surface area contributed by atoms with Crippen molar-refractivity contribution in [3.8, 4) is 22.6 Å². The van der Waals surface area contributed by atoms with E-state index in [0.29, 0.717) is 12.4 Å². The third-order valence-electron chi connectivity index (χ3n) is 6.33. The molecule has 4 rings (SSSR count). The standard InChI is InChI=1S/C26H33N7O/c1-4-6-10-16-32-19(3)24(13-7-5-2)33(26(32)34)18-20-14-15-23(27-17-20)21-11-8-9-12-22(21)25-28-30-31-29-25/h8-9,11-12,14-15,17H,4-7,10,13,16,18H2,1-3H3,(H,28,29,30,31). The van der Waals surface area contributed by atoms with E-state index >= 15 is 0 Å². The molecule has 0 saturated heterocycles. The maximum Gasteiger partial charge on any atom is 0.328 e. The summed E-state index contributed by atoms with van der Waals surface area (Å²) >= 11 is 0. The zero-order valence-electron chi connectivity index (χ0n) is 20.3. The van der Waals surface area contributed by atoms with Gasteiger partial charge in [-0.1, -0.05) is 63.4 Å². The van der Waals surface area contributed by atoms with Crippen molar-refractivity contribution in [2.45, 2.75) is 72.4 Å². The van der Waals surface area contributed by atoms with Crippen molar-refractivity contribution in [2.24, 2.45) is 0 Å².